The minimum atomic E-state index is -4.53. The van der Waals surface area contributed by atoms with E-state index < -0.39 is 191 Å². The molecule has 0 aromatic heterocycles. The number of carbonyl (C=O) groups excluding carboxylic acids is 12. The molecule has 2 bridgehead atoms. The van der Waals surface area contributed by atoms with Gasteiger partial charge in [-0.25, -0.2) is 0 Å². The van der Waals surface area contributed by atoms with Gasteiger partial charge in [-0.15, -0.1) is 11.6 Å². The van der Waals surface area contributed by atoms with Crippen molar-refractivity contribution in [3.63, 3.8) is 0 Å². The Balaban J connectivity index is 1.48. The molecular formula is C75H122ClF3N12O13. The Kier molecular flexibility index (Phi) is 31.0. The van der Waals surface area contributed by atoms with Crippen molar-refractivity contribution in [2.75, 3.05) is 89.2 Å². The topological polar surface area (TPSA) is 279 Å². The molecule has 588 valence electrons. The molecule has 25 nitrogen and oxygen atoms in total. The van der Waals surface area contributed by atoms with Gasteiger partial charge in [0.2, 0.25) is 70.9 Å². The maximum atomic E-state index is 15.7. The fourth-order valence-corrected chi connectivity index (χ4v) is 17.2. The van der Waals surface area contributed by atoms with Crippen LogP contribution < -0.4 is 16.0 Å². The summed E-state index contributed by atoms with van der Waals surface area (Å²) in [7, 11) is 11.4. The van der Waals surface area contributed by atoms with Gasteiger partial charge in [0.15, 0.2) is 0 Å². The molecule has 6 aliphatic rings. The highest BCUT2D eigenvalue weighted by molar-refractivity contribution is 6.21. The van der Waals surface area contributed by atoms with Crippen molar-refractivity contribution in [2.24, 2.45) is 40.9 Å². The summed E-state index contributed by atoms with van der Waals surface area (Å²) in [5.41, 5.74) is -2.20. The number of rotatable bonds is 14. The lowest BCUT2D eigenvalue weighted by Crippen LogP contribution is -2.71. The van der Waals surface area contributed by atoms with E-state index in [1.807, 2.05) is 40.7 Å². The number of nitrogens with zero attached hydrogens (tertiary/aromatic N) is 9. The average molecular weight is 1490 g/mol. The summed E-state index contributed by atoms with van der Waals surface area (Å²) in [5, 5.41) is 7.55. The van der Waals surface area contributed by atoms with Crippen molar-refractivity contribution in [2.45, 2.75) is 262 Å². The summed E-state index contributed by atoms with van der Waals surface area (Å²) in [5.74, 6) is -10.8. The third-order valence-electron chi connectivity index (χ3n) is 23.3. The van der Waals surface area contributed by atoms with Crippen LogP contribution in [0.1, 0.15) is 191 Å². The lowest BCUT2D eigenvalue weighted by molar-refractivity contribution is -0.182. The number of likely N-dealkylation sites (N-methyl/N-ethyl adjacent to an activating group) is 7. The predicted octanol–water partition coefficient (Wildman–Crippen LogP) is 6.38. The van der Waals surface area contributed by atoms with Crippen molar-refractivity contribution >= 4 is 82.5 Å². The Morgan fingerprint density at radius 1 is 0.673 bits per heavy atom. The zero-order valence-electron chi connectivity index (χ0n) is 64.9. The van der Waals surface area contributed by atoms with Gasteiger partial charge in [-0.2, -0.15) is 13.2 Å². The van der Waals surface area contributed by atoms with Crippen LogP contribution in [0.4, 0.5) is 13.2 Å². The van der Waals surface area contributed by atoms with Crippen LogP contribution in [0.2, 0.25) is 0 Å². The van der Waals surface area contributed by atoms with E-state index in [2.05, 4.69) is 22.9 Å². The van der Waals surface area contributed by atoms with Crippen molar-refractivity contribution in [3.8, 4) is 0 Å². The van der Waals surface area contributed by atoms with E-state index in [1.54, 1.807) is 26.8 Å². The molecule has 0 radical (unpaired) electrons. The lowest BCUT2D eigenvalue weighted by Gasteiger charge is -2.54. The smallest absolute Gasteiger partial charge is 0.377 e. The Morgan fingerprint density at radius 3 is 1.88 bits per heavy atom. The molecule has 12 amide bonds. The van der Waals surface area contributed by atoms with Crippen LogP contribution in [0, 0.1) is 40.9 Å². The summed E-state index contributed by atoms with van der Waals surface area (Å²) in [6, 6.07) is -10.2. The molecular weight excluding hydrogens is 1370 g/mol. The molecule has 1 spiro atoms. The van der Waals surface area contributed by atoms with E-state index >= 15 is 28.8 Å². The fourth-order valence-electron chi connectivity index (χ4n) is 16.7. The Labute approximate surface area is 619 Å². The van der Waals surface area contributed by atoms with E-state index in [0.717, 1.165) is 30.6 Å². The van der Waals surface area contributed by atoms with E-state index in [9.17, 15) is 41.9 Å². The first-order valence-electron chi connectivity index (χ1n) is 37.9. The number of nitrogens with one attached hydrogen (secondary N) is 3. The zero-order chi connectivity index (χ0) is 77.8. The molecule has 3 aliphatic carbocycles. The maximum Gasteiger partial charge on any atom is 0.393 e. The van der Waals surface area contributed by atoms with Crippen molar-refractivity contribution in [1.82, 2.24) is 60.0 Å². The second kappa shape index (κ2) is 37.3. The molecule has 6 rings (SSSR count). The molecule has 3 saturated carbocycles. The molecule has 14 atom stereocenters. The van der Waals surface area contributed by atoms with Gasteiger partial charge < -0.3 is 64.8 Å². The third-order valence-corrected chi connectivity index (χ3v) is 23.8. The fraction of sp³-hybridized carbons (Fsp3) is 0.813. The van der Waals surface area contributed by atoms with Crippen LogP contribution in [-0.2, 0) is 62.3 Å². The predicted molar refractivity (Wildman–Crippen MR) is 387 cm³/mol. The molecule has 3 aliphatic heterocycles. The molecule has 104 heavy (non-hydrogen) atoms. The van der Waals surface area contributed by atoms with Crippen LogP contribution in [0.15, 0.2) is 12.2 Å². The van der Waals surface area contributed by atoms with E-state index in [1.165, 1.54) is 95.6 Å². The minimum Gasteiger partial charge on any atom is -0.377 e. The first-order chi connectivity index (χ1) is 48.7. The SMILES string of the molecule is CCC[C@H]1C(=O)N[C@@H]([C@@H](C)CC)C(=O)N(C)CC(=O)N(C)[C@H]2C/C=C\CCN(C2=O)[C@@H](CC2CCC(C)CC2)C(=O)N(C)CC(=O)N[C@@H](CCC2CCC(C(F)(F)F)C(Cl)C2)C(=O)N2C[C@H](OCC)C[C@H]2C(=O)NC2(CC(C)(C)C2)C(=O)N(C)[C@@H]([C@@H](C)CC)C(=O)N(C)[C@H](C(=O)N(C)C)CC(=O)N1C. The number of carbonyl (C=O) groups is 12. The van der Waals surface area contributed by atoms with Gasteiger partial charge in [0.05, 0.1) is 31.5 Å². The Hall–Kier alpha value is -6.58. The van der Waals surface area contributed by atoms with E-state index in [0.29, 0.717) is 31.6 Å². The molecule has 0 aromatic rings. The summed E-state index contributed by atoms with van der Waals surface area (Å²) < 4.78 is 48.5. The highest BCUT2D eigenvalue weighted by atomic mass is 35.5. The number of halogens is 4. The largest absolute Gasteiger partial charge is 0.393 e. The van der Waals surface area contributed by atoms with Crippen LogP contribution in [0.25, 0.3) is 0 Å². The molecule has 3 N–H and O–H groups in total. The van der Waals surface area contributed by atoms with Gasteiger partial charge in [-0.05, 0) is 113 Å². The van der Waals surface area contributed by atoms with Gasteiger partial charge in [0.25, 0.3) is 0 Å². The summed E-state index contributed by atoms with van der Waals surface area (Å²) in [4.78, 5) is 192. The number of fused-ring (bicyclic) bond motifs is 3. The highest BCUT2D eigenvalue weighted by Crippen LogP contribution is 2.50. The number of ether oxygens (including phenoxy) is 1. The minimum absolute atomic E-state index is 0.00726. The number of amides is 12. The second-order valence-electron chi connectivity index (χ2n) is 32.1. The van der Waals surface area contributed by atoms with Gasteiger partial charge in [0, 0.05) is 87.9 Å². The van der Waals surface area contributed by atoms with Gasteiger partial charge in [0.1, 0.15) is 53.9 Å². The third kappa shape index (κ3) is 21.2. The number of hydrogen-bond acceptors (Lipinski definition) is 13. The van der Waals surface area contributed by atoms with Crippen molar-refractivity contribution in [3.05, 3.63) is 12.2 Å². The van der Waals surface area contributed by atoms with Crippen LogP contribution in [0.5, 0.6) is 0 Å². The van der Waals surface area contributed by atoms with Crippen molar-refractivity contribution in [1.29, 1.82) is 0 Å². The van der Waals surface area contributed by atoms with Gasteiger partial charge >= 0.3 is 6.18 Å². The second-order valence-corrected chi connectivity index (χ2v) is 32.7. The van der Waals surface area contributed by atoms with E-state index in [-0.39, 0.29) is 96.2 Å². The Morgan fingerprint density at radius 2 is 1.30 bits per heavy atom. The molecule has 29 heteroatoms. The molecule has 2 saturated heterocycles. The first kappa shape index (κ1) is 86.3. The highest BCUT2D eigenvalue weighted by Gasteiger charge is 2.59. The standard InChI is InChI=1S/C75H122ClF3N12O13/c1-18-25-54-64(95)81-62(46(6)19-2)70(101)85(13)42-61(94)87(15)55-26-23-22-24-35-90(69(55)100)58(37-49-29-27-45(5)28-30-49)68(99)84(12)41-59(92)80-53(34-32-48-31-33-51(52(76)36-48)75(77,78)79)66(97)91-40-50(104-21-4)38-56(91)65(96)82-74(43-73(8,9)44-74)72(103)89(17)63(47(7)20-3)71(102)88(16)57(67(98)83(10)11)39-60(93)86(54)14/h22-23,45-58,62-63H,18-21,24-44H2,1-17H3,(H,80,92)(H,81,95)(H,82,96)/b23-22-/t45?,46-,47-,48?,49?,50+,51?,52?,53-,54-,55-,56-,57-,58-,62-,63-/m0/s1. The molecule has 5 fully saturated rings. The average Bonchev–Trinajstić information content (AvgIpc) is 0.925. The summed E-state index contributed by atoms with van der Waals surface area (Å²) >= 11 is 6.46. The maximum absolute atomic E-state index is 15.7. The lowest BCUT2D eigenvalue weighted by atomic mass is 9.58. The zero-order valence-corrected chi connectivity index (χ0v) is 65.7. The summed E-state index contributed by atoms with van der Waals surface area (Å²) in [6.45, 7) is 15.7. The number of alkyl halides is 4. The van der Waals surface area contributed by atoms with Crippen LogP contribution >= 0.6 is 11.6 Å². The molecule has 3 unspecified atom stereocenters. The van der Waals surface area contributed by atoms with Crippen LogP contribution in [-0.4, -0.2) is 276 Å². The monoisotopic (exact) mass is 1490 g/mol. The molecule has 0 aromatic carbocycles. The summed E-state index contributed by atoms with van der Waals surface area (Å²) in [6.07, 6.45) is 2.94. The quantitative estimate of drug-likeness (QED) is 0.126. The number of hydrogen-bond donors (Lipinski definition) is 3. The Bertz CT molecular complexity index is 3090. The van der Waals surface area contributed by atoms with Gasteiger partial charge in [-0.1, -0.05) is 112 Å². The molecule has 3 heterocycles. The van der Waals surface area contributed by atoms with Crippen molar-refractivity contribution < 1.29 is 75.4 Å². The first-order valence-corrected chi connectivity index (χ1v) is 38.4. The van der Waals surface area contributed by atoms with Crippen LogP contribution in [0.3, 0.4) is 0 Å². The van der Waals surface area contributed by atoms with Gasteiger partial charge in [-0.3, -0.25) is 57.5 Å². The van der Waals surface area contributed by atoms with E-state index in [4.69, 9.17) is 16.3 Å². The normalized spacial score (nSPS) is 31.7.